The van der Waals surface area contributed by atoms with Crippen LogP contribution >= 0.6 is 0 Å². The van der Waals surface area contributed by atoms with Crippen LogP contribution in [0.1, 0.15) is 35.5 Å². The second kappa shape index (κ2) is 9.15. The number of hydrogen-bond donors (Lipinski definition) is 1. The number of carbonyl (C=O) groups is 1. The molecule has 0 saturated heterocycles. The monoisotopic (exact) mass is 369 g/mol. The van der Waals surface area contributed by atoms with Crippen molar-refractivity contribution in [3.63, 3.8) is 0 Å². The normalized spacial score (nSPS) is 12.5. The molecule has 27 heavy (non-hydrogen) atoms. The molecule has 2 rings (SSSR count). The van der Waals surface area contributed by atoms with Crippen LogP contribution in [0.5, 0.6) is 0 Å². The number of nitrogens with zero attached hydrogens (tertiary/aromatic N) is 2. The first-order valence-corrected chi connectivity index (χ1v) is 8.69. The van der Waals surface area contributed by atoms with Crippen molar-refractivity contribution in [3.05, 3.63) is 64.2 Å². The number of amides is 1. The number of aromatic nitrogens is 1. The van der Waals surface area contributed by atoms with Gasteiger partial charge in [0.05, 0.1) is 12.6 Å². The zero-order valence-electron chi connectivity index (χ0n) is 16.0. The molecule has 1 aromatic heterocycles. The number of methoxy groups -OCH3 is 1. The van der Waals surface area contributed by atoms with E-state index in [9.17, 15) is 14.4 Å². The molecule has 0 radical (unpaired) electrons. The molecule has 0 aliphatic heterocycles. The molecule has 0 spiro atoms. The number of ether oxygens (including phenoxy) is 1. The fourth-order valence-corrected chi connectivity index (χ4v) is 3.13. The molecule has 1 N–H and O–H groups in total. The number of nitrogens with one attached hydrogen (secondary N) is 1. The number of rotatable bonds is 7. The van der Waals surface area contributed by atoms with Crippen LogP contribution in [0, 0.1) is 31.0 Å². The second-order valence-electron chi connectivity index (χ2n) is 6.48. The van der Waals surface area contributed by atoms with Gasteiger partial charge in [0.1, 0.15) is 17.5 Å². The standard InChI is InChI=1S/C21H24FN3O2/c1-14-9-18(16(3)25(14)15(2)13-27-4)10-19(11-23)21(26)24-12-17-5-7-20(22)8-6-17/h5-10,15H,12-13H2,1-4H3,(H,24,26)/b19-10+. The van der Waals surface area contributed by atoms with Crippen LogP contribution in [0.25, 0.3) is 6.08 Å². The molecule has 1 heterocycles. The number of aryl methyl sites for hydroxylation is 1. The first kappa shape index (κ1) is 20.4. The molecular weight excluding hydrogens is 345 g/mol. The van der Waals surface area contributed by atoms with Crippen LogP contribution in [0.15, 0.2) is 35.9 Å². The highest BCUT2D eigenvalue weighted by atomic mass is 19.1. The molecule has 1 amide bonds. The van der Waals surface area contributed by atoms with Gasteiger partial charge in [-0.1, -0.05) is 12.1 Å². The molecule has 0 fully saturated rings. The summed E-state index contributed by atoms with van der Waals surface area (Å²) in [6.07, 6.45) is 1.60. The topological polar surface area (TPSA) is 67.0 Å². The average molecular weight is 369 g/mol. The highest BCUT2D eigenvalue weighted by molar-refractivity contribution is 6.01. The lowest BCUT2D eigenvalue weighted by Gasteiger charge is -2.17. The van der Waals surface area contributed by atoms with Gasteiger partial charge in [0.2, 0.25) is 0 Å². The van der Waals surface area contributed by atoms with E-state index in [0.717, 1.165) is 22.5 Å². The van der Waals surface area contributed by atoms with Gasteiger partial charge in [0.15, 0.2) is 0 Å². The summed E-state index contributed by atoms with van der Waals surface area (Å²) in [6, 6.07) is 9.91. The van der Waals surface area contributed by atoms with Crippen molar-refractivity contribution < 1.29 is 13.9 Å². The smallest absolute Gasteiger partial charge is 0.262 e. The molecule has 2 aromatic rings. The van der Waals surface area contributed by atoms with Crippen molar-refractivity contribution in [2.45, 2.75) is 33.4 Å². The third kappa shape index (κ3) is 5.05. The molecule has 0 bridgehead atoms. The summed E-state index contributed by atoms with van der Waals surface area (Å²) >= 11 is 0. The maximum Gasteiger partial charge on any atom is 0.262 e. The molecule has 1 atom stereocenters. The molecule has 5 nitrogen and oxygen atoms in total. The van der Waals surface area contributed by atoms with Crippen LogP contribution in [0.2, 0.25) is 0 Å². The minimum atomic E-state index is -0.462. The Morgan fingerprint density at radius 2 is 2.04 bits per heavy atom. The van der Waals surface area contributed by atoms with E-state index in [1.54, 1.807) is 25.3 Å². The van der Waals surface area contributed by atoms with Gasteiger partial charge in [-0.2, -0.15) is 5.26 Å². The molecular formula is C21H24FN3O2. The van der Waals surface area contributed by atoms with E-state index in [-0.39, 0.29) is 24.0 Å². The Bertz CT molecular complexity index is 876. The minimum Gasteiger partial charge on any atom is -0.383 e. The van der Waals surface area contributed by atoms with Crippen molar-refractivity contribution in [3.8, 4) is 6.07 Å². The van der Waals surface area contributed by atoms with E-state index >= 15 is 0 Å². The summed E-state index contributed by atoms with van der Waals surface area (Å²) in [4.78, 5) is 12.4. The predicted octanol–water partition coefficient (Wildman–Crippen LogP) is 3.67. The van der Waals surface area contributed by atoms with Crippen LogP contribution in [0.4, 0.5) is 4.39 Å². The fraction of sp³-hybridized carbons (Fsp3) is 0.333. The van der Waals surface area contributed by atoms with Crippen molar-refractivity contribution in [2.75, 3.05) is 13.7 Å². The Hall–Kier alpha value is -2.91. The highest BCUT2D eigenvalue weighted by Crippen LogP contribution is 2.22. The van der Waals surface area contributed by atoms with E-state index in [1.807, 2.05) is 26.0 Å². The quantitative estimate of drug-likeness (QED) is 0.598. The Balaban J connectivity index is 2.17. The fourth-order valence-electron chi connectivity index (χ4n) is 3.13. The summed E-state index contributed by atoms with van der Waals surface area (Å²) < 4.78 is 20.3. The van der Waals surface area contributed by atoms with Crippen molar-refractivity contribution in [1.29, 1.82) is 5.26 Å². The third-order valence-electron chi connectivity index (χ3n) is 4.40. The Morgan fingerprint density at radius 1 is 1.37 bits per heavy atom. The zero-order chi connectivity index (χ0) is 20.0. The Kier molecular flexibility index (Phi) is 6.91. The summed E-state index contributed by atoms with van der Waals surface area (Å²) in [5.74, 6) is -0.794. The molecule has 142 valence electrons. The summed E-state index contributed by atoms with van der Waals surface area (Å²) in [5, 5.41) is 12.1. The van der Waals surface area contributed by atoms with Crippen LogP contribution in [-0.2, 0) is 16.1 Å². The number of benzene rings is 1. The molecule has 1 unspecified atom stereocenters. The Labute approximate surface area is 159 Å². The number of carbonyl (C=O) groups excluding carboxylic acids is 1. The number of nitriles is 1. The molecule has 0 saturated carbocycles. The van der Waals surface area contributed by atoms with Crippen LogP contribution in [0.3, 0.4) is 0 Å². The maximum absolute atomic E-state index is 12.9. The third-order valence-corrected chi connectivity index (χ3v) is 4.40. The largest absolute Gasteiger partial charge is 0.383 e. The summed E-state index contributed by atoms with van der Waals surface area (Å²) in [5.41, 5.74) is 3.61. The number of hydrogen-bond acceptors (Lipinski definition) is 3. The van der Waals surface area contributed by atoms with Gasteiger partial charge in [-0.05, 0) is 56.2 Å². The lowest BCUT2D eigenvalue weighted by atomic mass is 10.1. The minimum absolute atomic E-state index is 0.0248. The van der Waals surface area contributed by atoms with Gasteiger partial charge in [-0.15, -0.1) is 0 Å². The lowest BCUT2D eigenvalue weighted by molar-refractivity contribution is -0.117. The van der Waals surface area contributed by atoms with Gasteiger partial charge in [0, 0.05) is 25.0 Å². The van der Waals surface area contributed by atoms with Gasteiger partial charge in [-0.25, -0.2) is 4.39 Å². The first-order valence-electron chi connectivity index (χ1n) is 8.69. The van der Waals surface area contributed by atoms with Crippen molar-refractivity contribution in [1.82, 2.24) is 9.88 Å². The first-order chi connectivity index (χ1) is 12.9. The second-order valence-corrected chi connectivity index (χ2v) is 6.48. The van der Waals surface area contributed by atoms with Gasteiger partial charge < -0.3 is 14.6 Å². The highest BCUT2D eigenvalue weighted by Gasteiger charge is 2.15. The van der Waals surface area contributed by atoms with Gasteiger partial charge >= 0.3 is 0 Å². The van der Waals surface area contributed by atoms with Crippen molar-refractivity contribution in [2.24, 2.45) is 0 Å². The van der Waals surface area contributed by atoms with Gasteiger partial charge in [0.25, 0.3) is 5.91 Å². The maximum atomic E-state index is 12.9. The van der Waals surface area contributed by atoms with Gasteiger partial charge in [-0.3, -0.25) is 4.79 Å². The van der Waals surface area contributed by atoms with E-state index in [1.165, 1.54) is 12.1 Å². The number of halogens is 1. The van der Waals surface area contributed by atoms with E-state index in [2.05, 4.69) is 16.8 Å². The van der Waals surface area contributed by atoms with E-state index in [4.69, 9.17) is 4.74 Å². The Morgan fingerprint density at radius 3 is 2.63 bits per heavy atom. The average Bonchev–Trinajstić information content (AvgIpc) is 2.92. The summed E-state index contributed by atoms with van der Waals surface area (Å²) in [7, 11) is 1.66. The molecule has 1 aromatic carbocycles. The molecule has 0 aliphatic carbocycles. The summed E-state index contributed by atoms with van der Waals surface area (Å²) in [6.45, 7) is 6.79. The van der Waals surface area contributed by atoms with Crippen molar-refractivity contribution >= 4 is 12.0 Å². The lowest BCUT2D eigenvalue weighted by Crippen LogP contribution is -2.24. The molecule has 0 aliphatic rings. The van der Waals surface area contributed by atoms with E-state index < -0.39 is 5.91 Å². The zero-order valence-corrected chi connectivity index (χ0v) is 16.0. The van der Waals surface area contributed by atoms with Crippen LogP contribution in [-0.4, -0.2) is 24.2 Å². The predicted molar refractivity (Wildman–Crippen MR) is 102 cm³/mol. The SMILES string of the molecule is COCC(C)n1c(C)cc(/C=C(\C#N)C(=O)NCc2ccc(F)cc2)c1C. The van der Waals surface area contributed by atoms with E-state index in [0.29, 0.717) is 6.61 Å². The van der Waals surface area contributed by atoms with Crippen LogP contribution < -0.4 is 5.32 Å². The molecule has 6 heteroatoms.